The molecule has 0 unspecified atom stereocenters. The van der Waals surface area contributed by atoms with E-state index in [1.807, 2.05) is 55.1 Å². The molecule has 1 N–H and O–H groups in total. The first-order valence-corrected chi connectivity index (χ1v) is 11.4. The molecule has 0 spiro atoms. The average molecular weight is 470 g/mol. The van der Waals surface area contributed by atoms with Crippen molar-refractivity contribution in [2.24, 2.45) is 0 Å². The number of carbonyl (C=O) groups is 1. The summed E-state index contributed by atoms with van der Waals surface area (Å²) in [5, 5.41) is 3.58. The van der Waals surface area contributed by atoms with E-state index in [0.717, 1.165) is 22.3 Å². The van der Waals surface area contributed by atoms with Gasteiger partial charge in [-0.25, -0.2) is 13.8 Å². The van der Waals surface area contributed by atoms with Crippen LogP contribution in [0.2, 0.25) is 5.02 Å². The molecule has 0 aliphatic carbocycles. The molecule has 1 fully saturated rings. The number of halogens is 3. The molecule has 2 aromatic carbocycles. The normalized spacial score (nSPS) is 15.7. The smallest absolute Gasteiger partial charge is 0.259 e. The molecule has 1 aliphatic heterocycles. The number of alkyl halides is 2. The lowest BCUT2D eigenvalue weighted by Gasteiger charge is -2.26. The summed E-state index contributed by atoms with van der Waals surface area (Å²) in [6.07, 6.45) is 1.63. The number of nitrogens with one attached hydrogen (secondary N) is 1. The summed E-state index contributed by atoms with van der Waals surface area (Å²) in [7, 11) is 0. The van der Waals surface area contributed by atoms with E-state index in [2.05, 4.69) is 10.3 Å². The predicted octanol–water partition coefficient (Wildman–Crippen LogP) is 6.90. The van der Waals surface area contributed by atoms with E-state index in [-0.39, 0.29) is 25.3 Å². The van der Waals surface area contributed by atoms with E-state index in [1.165, 1.54) is 0 Å². The van der Waals surface area contributed by atoms with E-state index in [9.17, 15) is 13.6 Å². The third-order valence-corrected chi connectivity index (χ3v) is 6.25. The minimum Gasteiger partial charge on any atom is -0.356 e. The summed E-state index contributed by atoms with van der Waals surface area (Å²) in [5.41, 5.74) is 4.50. The first-order chi connectivity index (χ1) is 15.7. The van der Waals surface area contributed by atoms with Crippen LogP contribution in [0.25, 0.3) is 11.1 Å². The molecule has 0 saturated carbocycles. The topological polar surface area (TPSA) is 45.2 Å². The molecule has 0 bridgehead atoms. The van der Waals surface area contributed by atoms with Crippen molar-refractivity contribution in [1.82, 2.24) is 4.98 Å². The second-order valence-corrected chi connectivity index (χ2v) is 8.96. The Balaban J connectivity index is 1.77. The van der Waals surface area contributed by atoms with Gasteiger partial charge in [0.25, 0.3) is 5.91 Å². The molecule has 0 atom stereocenters. The molecule has 4 rings (SSSR count). The molecule has 1 aromatic heterocycles. The lowest BCUT2D eigenvalue weighted by molar-refractivity contribution is -0.0102. The van der Waals surface area contributed by atoms with Crippen LogP contribution < -0.4 is 10.2 Å². The summed E-state index contributed by atoms with van der Waals surface area (Å²) in [6, 6.07) is 14.9. The number of aryl methyl sites for hydroxylation is 1. The van der Waals surface area contributed by atoms with Gasteiger partial charge in [0, 0.05) is 48.4 Å². The molecule has 0 radical (unpaired) electrons. The molecular formula is C26H26ClF2N3O. The summed E-state index contributed by atoms with van der Waals surface area (Å²) >= 11 is 6.04. The van der Waals surface area contributed by atoms with Crippen molar-refractivity contribution in [3.63, 3.8) is 0 Å². The van der Waals surface area contributed by atoms with E-state index in [0.29, 0.717) is 35.1 Å². The molecule has 3 aromatic rings. The molecule has 1 saturated heterocycles. The van der Waals surface area contributed by atoms with Crippen LogP contribution in [0.5, 0.6) is 0 Å². The fourth-order valence-electron chi connectivity index (χ4n) is 4.21. The Bertz CT molecular complexity index is 1160. The fourth-order valence-corrected chi connectivity index (χ4v) is 4.34. The highest BCUT2D eigenvalue weighted by Crippen LogP contribution is 2.35. The minimum absolute atomic E-state index is 0.143. The number of carbonyl (C=O) groups excluding carboxylic acids is 1. The van der Waals surface area contributed by atoms with E-state index >= 15 is 0 Å². The Morgan fingerprint density at radius 3 is 2.58 bits per heavy atom. The number of rotatable bonds is 4. The van der Waals surface area contributed by atoms with Gasteiger partial charge in [-0.1, -0.05) is 35.9 Å². The van der Waals surface area contributed by atoms with Crippen LogP contribution in [0.4, 0.5) is 20.3 Å². The molecule has 33 heavy (non-hydrogen) atoms. The van der Waals surface area contributed by atoms with Crippen molar-refractivity contribution in [2.75, 3.05) is 23.3 Å². The quantitative estimate of drug-likeness (QED) is 0.452. The fraction of sp³-hybridized carbons (Fsp3) is 0.308. The van der Waals surface area contributed by atoms with Gasteiger partial charge in [0.1, 0.15) is 5.82 Å². The summed E-state index contributed by atoms with van der Waals surface area (Å²) in [6.45, 7) is 4.39. The number of pyridine rings is 1. The maximum Gasteiger partial charge on any atom is 0.259 e. The highest BCUT2D eigenvalue weighted by molar-refractivity contribution is 6.30. The van der Waals surface area contributed by atoms with Crippen molar-refractivity contribution < 1.29 is 13.6 Å². The number of aromatic nitrogens is 1. The standard InChI is InChI=1S/C26H26ClF2N3O/c1-17-5-3-6-21(15-17)31-25(33)23-18(2)22(19-7-9-20(27)10-8-19)16-30-24(23)32-13-4-11-26(28,29)12-14-32/h3,5-10,15-16H,4,11-14H2,1-2H3,(H,31,33). The Hall–Kier alpha value is -2.99. The van der Waals surface area contributed by atoms with Crippen molar-refractivity contribution in [3.8, 4) is 11.1 Å². The Labute approximate surface area is 197 Å². The van der Waals surface area contributed by atoms with Gasteiger partial charge in [0.2, 0.25) is 5.92 Å². The van der Waals surface area contributed by atoms with Crippen LogP contribution in [-0.4, -0.2) is 29.9 Å². The minimum atomic E-state index is -2.70. The maximum atomic E-state index is 14.0. The van der Waals surface area contributed by atoms with Crippen LogP contribution in [0.15, 0.2) is 54.7 Å². The van der Waals surface area contributed by atoms with Crippen molar-refractivity contribution in [1.29, 1.82) is 0 Å². The largest absolute Gasteiger partial charge is 0.356 e. The molecule has 172 valence electrons. The van der Waals surface area contributed by atoms with Gasteiger partial charge >= 0.3 is 0 Å². The molecule has 1 aliphatic rings. The number of nitrogens with zero attached hydrogens (tertiary/aromatic N) is 2. The van der Waals surface area contributed by atoms with Gasteiger partial charge in [-0.05, 0) is 61.2 Å². The van der Waals surface area contributed by atoms with Crippen molar-refractivity contribution in [2.45, 2.75) is 39.0 Å². The Morgan fingerprint density at radius 2 is 1.85 bits per heavy atom. The molecule has 7 heteroatoms. The first-order valence-electron chi connectivity index (χ1n) is 11.0. The van der Waals surface area contributed by atoms with Gasteiger partial charge in [-0.15, -0.1) is 0 Å². The number of anilines is 2. The zero-order valence-corrected chi connectivity index (χ0v) is 19.4. The predicted molar refractivity (Wildman–Crippen MR) is 130 cm³/mol. The second-order valence-electron chi connectivity index (χ2n) is 8.52. The van der Waals surface area contributed by atoms with Gasteiger partial charge in [-0.2, -0.15) is 0 Å². The van der Waals surface area contributed by atoms with Crippen molar-refractivity contribution >= 4 is 29.0 Å². The van der Waals surface area contributed by atoms with Crippen LogP contribution in [0.1, 0.15) is 40.7 Å². The van der Waals surface area contributed by atoms with E-state index < -0.39 is 5.92 Å². The van der Waals surface area contributed by atoms with Crippen molar-refractivity contribution in [3.05, 3.63) is 76.4 Å². The molecule has 1 amide bonds. The number of hydrogen-bond acceptors (Lipinski definition) is 3. The number of benzene rings is 2. The average Bonchev–Trinajstić information content (AvgIpc) is 2.94. The summed E-state index contributed by atoms with van der Waals surface area (Å²) < 4.78 is 28.0. The van der Waals surface area contributed by atoms with Crippen LogP contribution >= 0.6 is 11.6 Å². The summed E-state index contributed by atoms with van der Waals surface area (Å²) in [4.78, 5) is 19.9. The number of hydrogen-bond donors (Lipinski definition) is 1. The highest BCUT2D eigenvalue weighted by atomic mass is 35.5. The monoisotopic (exact) mass is 469 g/mol. The van der Waals surface area contributed by atoms with Crippen LogP contribution in [0.3, 0.4) is 0 Å². The van der Waals surface area contributed by atoms with Gasteiger partial charge in [0.15, 0.2) is 0 Å². The van der Waals surface area contributed by atoms with Crippen LogP contribution in [0, 0.1) is 13.8 Å². The zero-order chi connectivity index (χ0) is 23.6. The first kappa shape index (κ1) is 23.2. The Morgan fingerprint density at radius 1 is 1.09 bits per heavy atom. The van der Waals surface area contributed by atoms with Crippen LogP contribution in [-0.2, 0) is 0 Å². The lowest BCUT2D eigenvalue weighted by Crippen LogP contribution is -2.30. The third-order valence-electron chi connectivity index (χ3n) is 5.99. The van der Waals surface area contributed by atoms with Gasteiger partial charge < -0.3 is 10.2 Å². The summed E-state index contributed by atoms with van der Waals surface area (Å²) in [5.74, 6) is -2.57. The zero-order valence-electron chi connectivity index (χ0n) is 18.7. The van der Waals surface area contributed by atoms with Gasteiger partial charge in [0.05, 0.1) is 5.56 Å². The maximum absolute atomic E-state index is 14.0. The van der Waals surface area contributed by atoms with Gasteiger partial charge in [-0.3, -0.25) is 4.79 Å². The SMILES string of the molecule is Cc1cccc(NC(=O)c2c(N3CCCC(F)(F)CC3)ncc(-c3ccc(Cl)cc3)c2C)c1. The van der Waals surface area contributed by atoms with E-state index in [4.69, 9.17) is 11.6 Å². The lowest BCUT2D eigenvalue weighted by atomic mass is 9.97. The third kappa shape index (κ3) is 5.33. The Kier molecular flexibility index (Phi) is 6.66. The van der Waals surface area contributed by atoms with E-state index in [1.54, 1.807) is 18.3 Å². The highest BCUT2D eigenvalue weighted by Gasteiger charge is 2.33. The number of amides is 1. The second kappa shape index (κ2) is 9.48. The molecular weight excluding hydrogens is 444 g/mol. The molecule has 2 heterocycles. The molecule has 4 nitrogen and oxygen atoms in total.